The highest BCUT2D eigenvalue weighted by Gasteiger charge is 2.33. The lowest BCUT2D eigenvalue weighted by molar-refractivity contribution is -0.129. The number of para-hydroxylation sites is 1. The van der Waals surface area contributed by atoms with Crippen molar-refractivity contribution in [3.63, 3.8) is 0 Å². The summed E-state index contributed by atoms with van der Waals surface area (Å²) >= 11 is 0. The predicted octanol–water partition coefficient (Wildman–Crippen LogP) is 4.78. The van der Waals surface area contributed by atoms with E-state index in [1.807, 2.05) is 41.9 Å². The average molecular weight is 528 g/mol. The molecule has 4 aromatic rings. The molecule has 0 radical (unpaired) electrons. The first-order chi connectivity index (χ1) is 18.8. The van der Waals surface area contributed by atoms with Gasteiger partial charge in [0.2, 0.25) is 5.91 Å². The smallest absolute Gasteiger partial charge is 0.256 e. The summed E-state index contributed by atoms with van der Waals surface area (Å²) in [6.45, 7) is 1.72. The number of hydrogen-bond acceptors (Lipinski definition) is 6. The zero-order valence-electron chi connectivity index (χ0n) is 21.6. The Labute approximate surface area is 224 Å². The van der Waals surface area contributed by atoms with Gasteiger partial charge in [0.05, 0.1) is 42.8 Å². The molecule has 5 rings (SSSR count). The number of amides is 2. The monoisotopic (exact) mass is 527 g/mol. The minimum Gasteiger partial charge on any atom is -0.494 e. The zero-order chi connectivity index (χ0) is 27.7. The second-order valence-corrected chi connectivity index (χ2v) is 9.13. The molecule has 0 bridgehead atoms. The van der Waals surface area contributed by atoms with Gasteiger partial charge in [-0.25, -0.2) is 9.37 Å². The summed E-state index contributed by atoms with van der Waals surface area (Å²) in [6, 6.07) is 16.8. The number of carbonyl (C=O) groups excluding carboxylic acids is 3. The lowest BCUT2D eigenvalue weighted by Crippen LogP contribution is -2.38. The number of benzene rings is 2. The molecular formula is C29H26FN5O4. The van der Waals surface area contributed by atoms with Crippen molar-refractivity contribution in [3.8, 4) is 17.0 Å². The highest BCUT2D eigenvalue weighted by Crippen LogP contribution is 2.40. The highest BCUT2D eigenvalue weighted by molar-refractivity contribution is 6.10. The standard InChI is InChI=1S/C29H26FN5O4/c1-17(36)35-15-22-26(23(37)16-35)27(32-20-7-5-4-6-8-20)28(34(22)2)18-11-12-31-25(14-18)33-29(38)19-9-10-24(39-3)21(30)13-19/h4-14,32H,15-16H2,1-3H3,(H,31,33,38). The van der Waals surface area contributed by atoms with E-state index in [-0.39, 0.29) is 41.9 Å². The molecule has 2 amide bonds. The number of nitrogens with one attached hydrogen (secondary N) is 2. The van der Waals surface area contributed by atoms with E-state index in [4.69, 9.17) is 4.74 Å². The molecule has 0 spiro atoms. The third-order valence-electron chi connectivity index (χ3n) is 6.65. The van der Waals surface area contributed by atoms with Crippen molar-refractivity contribution in [2.75, 3.05) is 24.3 Å². The third kappa shape index (κ3) is 4.96. The maximum absolute atomic E-state index is 14.1. The lowest BCUT2D eigenvalue weighted by atomic mass is 10.0. The lowest BCUT2D eigenvalue weighted by Gasteiger charge is -2.26. The summed E-state index contributed by atoms with van der Waals surface area (Å²) in [6.07, 6.45) is 1.54. The fourth-order valence-electron chi connectivity index (χ4n) is 4.70. The van der Waals surface area contributed by atoms with Crippen LogP contribution in [-0.4, -0.2) is 45.7 Å². The van der Waals surface area contributed by atoms with E-state index in [2.05, 4.69) is 15.6 Å². The molecule has 0 aliphatic carbocycles. The molecule has 9 nitrogen and oxygen atoms in total. The van der Waals surface area contributed by atoms with Crippen LogP contribution in [-0.2, 0) is 18.4 Å². The maximum atomic E-state index is 14.1. The molecule has 2 N–H and O–H groups in total. The van der Waals surface area contributed by atoms with E-state index in [0.717, 1.165) is 11.8 Å². The predicted molar refractivity (Wildman–Crippen MR) is 145 cm³/mol. The first kappa shape index (κ1) is 25.7. The fourth-order valence-corrected chi connectivity index (χ4v) is 4.70. The van der Waals surface area contributed by atoms with Gasteiger partial charge >= 0.3 is 0 Å². The summed E-state index contributed by atoms with van der Waals surface area (Å²) in [5, 5.41) is 6.10. The van der Waals surface area contributed by atoms with Gasteiger partial charge in [-0.05, 0) is 42.5 Å². The Morgan fingerprint density at radius 2 is 1.82 bits per heavy atom. The summed E-state index contributed by atoms with van der Waals surface area (Å²) < 4.78 is 20.9. The van der Waals surface area contributed by atoms with Crippen LogP contribution in [0.2, 0.25) is 0 Å². The van der Waals surface area contributed by atoms with Crippen LogP contribution < -0.4 is 15.4 Å². The Kier molecular flexibility index (Phi) is 6.84. The molecule has 0 saturated heterocycles. The Balaban J connectivity index is 1.55. The van der Waals surface area contributed by atoms with Crippen molar-refractivity contribution in [2.45, 2.75) is 13.5 Å². The number of anilines is 3. The number of ketones is 1. The normalized spacial score (nSPS) is 12.6. The van der Waals surface area contributed by atoms with E-state index in [1.165, 1.54) is 31.1 Å². The maximum Gasteiger partial charge on any atom is 0.256 e. The van der Waals surface area contributed by atoms with Gasteiger partial charge in [-0.2, -0.15) is 0 Å². The number of hydrogen-bond donors (Lipinski definition) is 2. The van der Waals surface area contributed by atoms with Crippen LogP contribution in [0, 0.1) is 5.82 Å². The number of methoxy groups -OCH3 is 1. The molecule has 2 aromatic heterocycles. The van der Waals surface area contributed by atoms with Crippen molar-refractivity contribution in [2.24, 2.45) is 7.05 Å². The van der Waals surface area contributed by atoms with Crippen molar-refractivity contribution in [1.29, 1.82) is 0 Å². The van der Waals surface area contributed by atoms with E-state index in [0.29, 0.717) is 28.2 Å². The second-order valence-electron chi connectivity index (χ2n) is 9.13. The molecule has 0 saturated carbocycles. The van der Waals surface area contributed by atoms with Gasteiger partial charge in [0.15, 0.2) is 17.3 Å². The molecule has 0 unspecified atom stereocenters. The van der Waals surface area contributed by atoms with E-state index in [9.17, 15) is 18.8 Å². The number of fused-ring (bicyclic) bond motifs is 1. The van der Waals surface area contributed by atoms with Crippen LogP contribution in [0.25, 0.3) is 11.3 Å². The van der Waals surface area contributed by atoms with Gasteiger partial charge in [-0.3, -0.25) is 14.4 Å². The number of nitrogens with zero attached hydrogens (tertiary/aromatic N) is 3. The SMILES string of the molecule is COc1ccc(C(=O)Nc2cc(-c3c(Nc4ccccc4)c4c(n3C)CN(C(C)=O)CC4=O)ccn2)cc1F. The van der Waals surface area contributed by atoms with E-state index in [1.54, 1.807) is 18.3 Å². The van der Waals surface area contributed by atoms with Crippen LogP contribution in [0.15, 0.2) is 66.9 Å². The van der Waals surface area contributed by atoms with Crippen molar-refractivity contribution < 1.29 is 23.5 Å². The largest absolute Gasteiger partial charge is 0.494 e. The fraction of sp³-hybridized carbons (Fsp3) is 0.172. The molecule has 2 aromatic carbocycles. The van der Waals surface area contributed by atoms with Crippen LogP contribution in [0.1, 0.15) is 33.3 Å². The van der Waals surface area contributed by atoms with Gasteiger partial charge in [0.1, 0.15) is 5.82 Å². The molecule has 198 valence electrons. The number of halogens is 1. The van der Waals surface area contributed by atoms with Crippen molar-refractivity contribution in [1.82, 2.24) is 14.5 Å². The van der Waals surface area contributed by atoms with Gasteiger partial charge in [-0.15, -0.1) is 0 Å². The summed E-state index contributed by atoms with van der Waals surface area (Å²) in [5.41, 5.74) is 4.09. The topological polar surface area (TPSA) is 106 Å². The summed E-state index contributed by atoms with van der Waals surface area (Å²) in [5.74, 6) is -1.26. The molecule has 1 aliphatic rings. The first-order valence-electron chi connectivity index (χ1n) is 12.2. The van der Waals surface area contributed by atoms with E-state index < -0.39 is 11.7 Å². The summed E-state index contributed by atoms with van der Waals surface area (Å²) in [4.78, 5) is 44.0. The van der Waals surface area contributed by atoms with Crippen LogP contribution >= 0.6 is 0 Å². The quantitative estimate of drug-likeness (QED) is 0.374. The number of carbonyl (C=O) groups is 3. The van der Waals surface area contributed by atoms with Gasteiger partial charge in [0, 0.05) is 37.0 Å². The van der Waals surface area contributed by atoms with E-state index >= 15 is 0 Å². The average Bonchev–Trinajstić information content (AvgIpc) is 3.20. The van der Waals surface area contributed by atoms with Gasteiger partial charge < -0.3 is 24.8 Å². The van der Waals surface area contributed by atoms with Crippen LogP contribution in [0.4, 0.5) is 21.6 Å². The van der Waals surface area contributed by atoms with Gasteiger partial charge in [0.25, 0.3) is 5.91 Å². The molecule has 0 atom stereocenters. The molecular weight excluding hydrogens is 501 g/mol. The number of rotatable bonds is 6. The van der Waals surface area contributed by atoms with Gasteiger partial charge in [-0.1, -0.05) is 18.2 Å². The first-order valence-corrected chi connectivity index (χ1v) is 12.2. The number of aromatic nitrogens is 2. The van der Waals surface area contributed by atoms with Crippen LogP contribution in [0.5, 0.6) is 5.75 Å². The third-order valence-corrected chi connectivity index (χ3v) is 6.65. The Hall–Kier alpha value is -4.99. The number of Topliss-reactive ketones (excluding diaryl/α,β-unsaturated/α-hetero) is 1. The molecule has 0 fully saturated rings. The Morgan fingerprint density at radius 1 is 1.05 bits per heavy atom. The Morgan fingerprint density at radius 3 is 2.51 bits per heavy atom. The molecule has 1 aliphatic heterocycles. The van der Waals surface area contributed by atoms with Crippen LogP contribution in [0.3, 0.4) is 0 Å². The molecule has 10 heteroatoms. The number of pyridine rings is 1. The van der Waals surface area contributed by atoms with Crippen molar-refractivity contribution in [3.05, 3.63) is 89.5 Å². The van der Waals surface area contributed by atoms with Crippen molar-refractivity contribution >= 4 is 34.8 Å². The highest BCUT2D eigenvalue weighted by atomic mass is 19.1. The number of ether oxygens (including phenoxy) is 1. The minimum atomic E-state index is -0.651. The Bertz CT molecular complexity index is 1600. The molecule has 3 heterocycles. The second kappa shape index (κ2) is 10.4. The molecule has 39 heavy (non-hydrogen) atoms. The zero-order valence-corrected chi connectivity index (χ0v) is 21.6. The minimum absolute atomic E-state index is 0.00860. The summed E-state index contributed by atoms with van der Waals surface area (Å²) in [7, 11) is 3.18.